The van der Waals surface area contributed by atoms with E-state index in [2.05, 4.69) is 27.4 Å². The summed E-state index contributed by atoms with van der Waals surface area (Å²) in [5.74, 6) is 1.85. The van der Waals surface area contributed by atoms with Gasteiger partial charge in [-0.25, -0.2) is 4.98 Å². The molecule has 2 aromatic rings. The van der Waals surface area contributed by atoms with Crippen molar-refractivity contribution in [1.29, 1.82) is 0 Å². The van der Waals surface area contributed by atoms with Gasteiger partial charge in [-0.2, -0.15) is 0 Å². The molecule has 1 aliphatic heterocycles. The van der Waals surface area contributed by atoms with Gasteiger partial charge in [0.15, 0.2) is 0 Å². The number of hydrogen-bond donors (Lipinski definition) is 3. The number of halogens is 1. The van der Waals surface area contributed by atoms with Gasteiger partial charge in [-0.15, -0.1) is 0 Å². The Hall–Kier alpha value is -2.84. The van der Waals surface area contributed by atoms with E-state index in [1.54, 1.807) is 25.2 Å². The third-order valence-corrected chi connectivity index (χ3v) is 9.51. The Morgan fingerprint density at radius 3 is 2.50 bits per heavy atom. The van der Waals surface area contributed by atoms with Gasteiger partial charge in [0.1, 0.15) is 11.5 Å². The molecule has 2 amide bonds. The summed E-state index contributed by atoms with van der Waals surface area (Å²) in [4.78, 5) is 34.5. The van der Waals surface area contributed by atoms with Crippen molar-refractivity contribution in [3.8, 4) is 0 Å². The van der Waals surface area contributed by atoms with Crippen molar-refractivity contribution in [1.82, 2.24) is 15.6 Å². The van der Waals surface area contributed by atoms with Crippen LogP contribution in [0.1, 0.15) is 59.9 Å². The average Bonchev–Trinajstić information content (AvgIpc) is 2.89. The summed E-state index contributed by atoms with van der Waals surface area (Å²) in [5.41, 5.74) is 1.38. The first kappa shape index (κ1) is 25.4. The lowest BCUT2D eigenvalue weighted by Crippen LogP contribution is -2.61. The van der Waals surface area contributed by atoms with Crippen LogP contribution in [-0.2, 0) is 0 Å². The fraction of sp³-hybridized carbons (Fsp3) is 0.552. The van der Waals surface area contributed by atoms with Gasteiger partial charge in [0, 0.05) is 44.3 Å². The maximum Gasteiger partial charge on any atom is 0.270 e. The number of rotatable bonds is 5. The van der Waals surface area contributed by atoms with Crippen molar-refractivity contribution < 1.29 is 14.7 Å². The normalized spacial score (nSPS) is 31.8. The van der Waals surface area contributed by atoms with E-state index < -0.39 is 5.60 Å². The fourth-order valence-corrected chi connectivity index (χ4v) is 8.02. The Balaban J connectivity index is 1.12. The zero-order valence-electron chi connectivity index (χ0n) is 22.0. The summed E-state index contributed by atoms with van der Waals surface area (Å²) < 4.78 is 0. The molecule has 4 aliphatic carbocycles. The number of nitrogens with one attached hydrogen (secondary N) is 2. The maximum atomic E-state index is 13.3. The lowest BCUT2D eigenvalue weighted by Gasteiger charge is -2.58. The molecule has 8 nitrogen and oxygen atoms in total. The molecule has 2 unspecified atom stereocenters. The predicted octanol–water partition coefficient (Wildman–Crippen LogP) is 3.48. The van der Waals surface area contributed by atoms with Crippen LogP contribution in [0, 0.1) is 17.8 Å². The summed E-state index contributed by atoms with van der Waals surface area (Å²) >= 11 is 6.55. The molecule has 4 saturated carbocycles. The van der Waals surface area contributed by atoms with E-state index >= 15 is 0 Å². The van der Waals surface area contributed by atoms with Gasteiger partial charge in [-0.1, -0.05) is 17.7 Å². The number of amides is 2. The van der Waals surface area contributed by atoms with E-state index in [4.69, 9.17) is 16.6 Å². The number of nitrogens with zero attached hydrogens (tertiary/aromatic N) is 3. The van der Waals surface area contributed by atoms with Crippen molar-refractivity contribution in [3.63, 3.8) is 0 Å². The highest BCUT2D eigenvalue weighted by atomic mass is 35.5. The highest BCUT2D eigenvalue weighted by Crippen LogP contribution is 2.55. The van der Waals surface area contributed by atoms with E-state index in [9.17, 15) is 14.7 Å². The number of anilines is 2. The van der Waals surface area contributed by atoms with Crippen LogP contribution in [0.3, 0.4) is 0 Å². The molecular formula is C29H36ClN5O3. The van der Waals surface area contributed by atoms with Gasteiger partial charge in [0.05, 0.1) is 16.3 Å². The van der Waals surface area contributed by atoms with Crippen LogP contribution in [0.2, 0.25) is 5.02 Å². The first-order valence-corrected chi connectivity index (χ1v) is 14.1. The van der Waals surface area contributed by atoms with Gasteiger partial charge in [-0.05, 0) is 87.1 Å². The van der Waals surface area contributed by atoms with Gasteiger partial charge in [0.2, 0.25) is 0 Å². The summed E-state index contributed by atoms with van der Waals surface area (Å²) in [6.07, 6.45) is 4.76. The summed E-state index contributed by atoms with van der Waals surface area (Å²) in [5, 5.41) is 17.4. The second kappa shape index (κ2) is 9.72. The monoisotopic (exact) mass is 537 g/mol. The van der Waals surface area contributed by atoms with Crippen molar-refractivity contribution >= 4 is 34.9 Å². The third-order valence-electron chi connectivity index (χ3n) is 9.21. The van der Waals surface area contributed by atoms with E-state index in [1.807, 2.05) is 18.2 Å². The second-order valence-corrected chi connectivity index (χ2v) is 12.2. The van der Waals surface area contributed by atoms with Crippen LogP contribution in [0.15, 0.2) is 36.4 Å². The number of carbonyl (C=O) groups excluding carboxylic acids is 2. The summed E-state index contributed by atoms with van der Waals surface area (Å²) in [6, 6.07) is 11.3. The van der Waals surface area contributed by atoms with Crippen LogP contribution in [0.4, 0.5) is 11.5 Å². The van der Waals surface area contributed by atoms with Crippen LogP contribution in [0.25, 0.3) is 0 Å². The molecule has 5 aliphatic rings. The standard InChI is InChI=1S/C29H36ClN5O3/c1-17-16-34(24-7-6-19(12-22(24)30)27(36)31-2)8-9-35(17)25-5-3-4-23(32-25)28(37)33-26-20-10-18-11-21(26)15-29(38,13-18)14-20/h3-7,12,17-18,20-21,26,38H,8-11,13-16H2,1-2H3,(H,31,36)(H,33,37)/t17-,18?,20?,21?,26?,29?/m1/s1. The van der Waals surface area contributed by atoms with E-state index in [-0.39, 0.29) is 23.9 Å². The average molecular weight is 538 g/mol. The number of aromatic nitrogens is 1. The van der Waals surface area contributed by atoms with E-state index in [1.165, 1.54) is 0 Å². The molecule has 3 atom stereocenters. The van der Waals surface area contributed by atoms with Crippen LogP contribution in [-0.4, -0.2) is 66.3 Å². The molecule has 202 valence electrons. The van der Waals surface area contributed by atoms with Crippen molar-refractivity contribution in [2.45, 2.75) is 56.7 Å². The summed E-state index contributed by atoms with van der Waals surface area (Å²) in [6.45, 7) is 4.37. The van der Waals surface area contributed by atoms with Crippen molar-refractivity contribution in [3.05, 3.63) is 52.7 Å². The molecule has 1 aromatic heterocycles. The number of carbonyl (C=O) groups is 2. The predicted molar refractivity (Wildman–Crippen MR) is 148 cm³/mol. The minimum absolute atomic E-state index is 0.120. The lowest BCUT2D eigenvalue weighted by molar-refractivity contribution is -0.136. The molecule has 0 radical (unpaired) electrons. The topological polar surface area (TPSA) is 97.8 Å². The van der Waals surface area contributed by atoms with Crippen LogP contribution in [0.5, 0.6) is 0 Å². The molecular weight excluding hydrogens is 502 g/mol. The first-order chi connectivity index (χ1) is 18.2. The first-order valence-electron chi connectivity index (χ1n) is 13.8. The van der Waals surface area contributed by atoms with Crippen molar-refractivity contribution in [2.75, 3.05) is 36.5 Å². The quantitative estimate of drug-likeness (QED) is 0.540. The lowest BCUT2D eigenvalue weighted by atomic mass is 9.52. The zero-order valence-corrected chi connectivity index (χ0v) is 22.7. The molecule has 9 heteroatoms. The number of piperazine rings is 1. The van der Waals surface area contributed by atoms with E-state index in [0.717, 1.165) is 63.2 Å². The van der Waals surface area contributed by atoms with Crippen LogP contribution < -0.4 is 20.4 Å². The molecule has 4 bridgehead atoms. The van der Waals surface area contributed by atoms with Gasteiger partial charge < -0.3 is 25.5 Å². The Bertz CT molecular complexity index is 1240. The number of hydrogen-bond acceptors (Lipinski definition) is 6. The van der Waals surface area contributed by atoms with Crippen molar-refractivity contribution in [2.24, 2.45) is 17.8 Å². The SMILES string of the molecule is CNC(=O)c1ccc(N2CCN(c3cccc(C(=O)NC4C5CC6CC4CC(O)(C6)C5)n3)[C@H](C)C2)c(Cl)c1. The molecule has 38 heavy (non-hydrogen) atoms. The molecule has 3 N–H and O–H groups in total. The van der Waals surface area contributed by atoms with Gasteiger partial charge in [-0.3, -0.25) is 9.59 Å². The highest BCUT2D eigenvalue weighted by Gasteiger charge is 2.55. The summed E-state index contributed by atoms with van der Waals surface area (Å²) in [7, 11) is 1.60. The minimum Gasteiger partial charge on any atom is -0.390 e. The highest BCUT2D eigenvalue weighted by molar-refractivity contribution is 6.33. The third kappa shape index (κ3) is 4.62. The fourth-order valence-electron chi connectivity index (χ4n) is 7.72. The Morgan fingerprint density at radius 2 is 1.84 bits per heavy atom. The molecule has 1 saturated heterocycles. The smallest absolute Gasteiger partial charge is 0.270 e. The molecule has 7 rings (SSSR count). The Morgan fingerprint density at radius 1 is 1.08 bits per heavy atom. The molecule has 1 aromatic carbocycles. The Labute approximate surface area is 228 Å². The van der Waals surface area contributed by atoms with Crippen LogP contribution >= 0.6 is 11.6 Å². The number of aliphatic hydroxyl groups is 1. The molecule has 0 spiro atoms. The maximum absolute atomic E-state index is 13.3. The molecule has 2 heterocycles. The number of benzene rings is 1. The van der Waals surface area contributed by atoms with E-state index in [0.29, 0.717) is 34.0 Å². The zero-order chi connectivity index (χ0) is 26.6. The molecule has 5 fully saturated rings. The Kier molecular flexibility index (Phi) is 6.51. The van der Waals surface area contributed by atoms with Gasteiger partial charge >= 0.3 is 0 Å². The largest absolute Gasteiger partial charge is 0.390 e. The minimum atomic E-state index is -0.509. The second-order valence-electron chi connectivity index (χ2n) is 11.8. The number of pyridine rings is 1. The van der Waals surface area contributed by atoms with Gasteiger partial charge in [0.25, 0.3) is 11.8 Å².